The molecule has 2 atom stereocenters. The van der Waals surface area contributed by atoms with Crippen LogP contribution in [0.3, 0.4) is 0 Å². The molecule has 1 aliphatic carbocycles. The average Bonchev–Trinajstić information content (AvgIpc) is 2.38. The van der Waals surface area contributed by atoms with Crippen LogP contribution < -0.4 is 10.1 Å². The highest BCUT2D eigenvalue weighted by molar-refractivity contribution is 5.77. The Balaban J connectivity index is 1.88. The standard InChI is InChI=1S/C15H19NO2/c1-2-18-11-4-5-12-10(9-11)3-7-14-13(12)6-8-15(17)16-14/h4-5,9,13-14H,2-3,6-8H2,1H3,(H,16,17)/t13-,14-/m0/s1. The minimum absolute atomic E-state index is 0.214. The number of carbonyl (C=O) groups is 1. The second-order valence-electron chi connectivity index (χ2n) is 5.15. The van der Waals surface area contributed by atoms with Crippen molar-refractivity contribution in [3.63, 3.8) is 0 Å². The van der Waals surface area contributed by atoms with Gasteiger partial charge in [0.25, 0.3) is 0 Å². The third-order valence-corrected chi connectivity index (χ3v) is 4.06. The van der Waals surface area contributed by atoms with E-state index in [9.17, 15) is 4.79 Å². The molecule has 96 valence electrons. The van der Waals surface area contributed by atoms with Gasteiger partial charge < -0.3 is 10.1 Å². The zero-order valence-corrected chi connectivity index (χ0v) is 10.7. The van der Waals surface area contributed by atoms with Crippen molar-refractivity contribution in [2.24, 2.45) is 0 Å². The number of carbonyl (C=O) groups excluding carboxylic acids is 1. The van der Waals surface area contributed by atoms with E-state index in [1.54, 1.807) is 0 Å². The lowest BCUT2D eigenvalue weighted by Crippen LogP contribution is -2.45. The monoisotopic (exact) mass is 245 g/mol. The molecule has 1 amide bonds. The van der Waals surface area contributed by atoms with Crippen molar-refractivity contribution in [2.75, 3.05) is 6.61 Å². The summed E-state index contributed by atoms with van der Waals surface area (Å²) >= 11 is 0. The molecule has 18 heavy (non-hydrogen) atoms. The number of hydrogen-bond donors (Lipinski definition) is 1. The van der Waals surface area contributed by atoms with Gasteiger partial charge in [0.1, 0.15) is 5.75 Å². The van der Waals surface area contributed by atoms with E-state index in [1.807, 2.05) is 6.92 Å². The molecular formula is C15H19NO2. The molecule has 1 aromatic rings. The summed E-state index contributed by atoms with van der Waals surface area (Å²) in [6.07, 6.45) is 3.74. The van der Waals surface area contributed by atoms with E-state index in [1.165, 1.54) is 11.1 Å². The minimum atomic E-state index is 0.214. The summed E-state index contributed by atoms with van der Waals surface area (Å²) in [6, 6.07) is 6.76. The molecule has 3 heteroatoms. The predicted molar refractivity (Wildman–Crippen MR) is 69.8 cm³/mol. The third kappa shape index (κ3) is 1.98. The zero-order chi connectivity index (χ0) is 12.5. The van der Waals surface area contributed by atoms with Crippen LogP contribution in [0, 0.1) is 0 Å². The van der Waals surface area contributed by atoms with Crippen molar-refractivity contribution in [3.05, 3.63) is 29.3 Å². The van der Waals surface area contributed by atoms with Crippen molar-refractivity contribution < 1.29 is 9.53 Å². The molecule has 0 saturated carbocycles. The van der Waals surface area contributed by atoms with Crippen molar-refractivity contribution in [2.45, 2.75) is 44.6 Å². The molecule has 0 unspecified atom stereocenters. The SMILES string of the molecule is CCOc1ccc2c(c1)CC[C@@H]1NC(=O)CC[C@@H]21. The topological polar surface area (TPSA) is 38.3 Å². The van der Waals surface area contributed by atoms with Gasteiger partial charge in [-0.15, -0.1) is 0 Å². The van der Waals surface area contributed by atoms with Gasteiger partial charge in [-0.3, -0.25) is 4.79 Å². The Labute approximate surface area is 108 Å². The molecule has 1 saturated heterocycles. The molecule has 1 aromatic carbocycles. The van der Waals surface area contributed by atoms with Crippen molar-refractivity contribution in [1.29, 1.82) is 0 Å². The Kier molecular flexibility index (Phi) is 2.98. The van der Waals surface area contributed by atoms with Crippen LogP contribution in [0.1, 0.15) is 43.2 Å². The number of hydrogen-bond acceptors (Lipinski definition) is 2. The van der Waals surface area contributed by atoms with Crippen LogP contribution >= 0.6 is 0 Å². The van der Waals surface area contributed by atoms with Crippen molar-refractivity contribution >= 4 is 5.91 Å². The maximum atomic E-state index is 11.4. The second kappa shape index (κ2) is 4.63. The van der Waals surface area contributed by atoms with Gasteiger partial charge in [-0.1, -0.05) is 6.07 Å². The average molecular weight is 245 g/mol. The summed E-state index contributed by atoms with van der Waals surface area (Å²) in [4.78, 5) is 11.4. The maximum Gasteiger partial charge on any atom is 0.220 e. The molecule has 0 aromatic heterocycles. The lowest BCUT2D eigenvalue weighted by Gasteiger charge is -2.37. The molecule has 0 spiro atoms. The number of aryl methyl sites for hydroxylation is 1. The third-order valence-electron chi connectivity index (χ3n) is 4.06. The van der Waals surface area contributed by atoms with Gasteiger partial charge in [0.15, 0.2) is 0 Å². The van der Waals surface area contributed by atoms with E-state index in [-0.39, 0.29) is 5.91 Å². The Bertz CT molecular complexity index is 470. The Morgan fingerprint density at radius 2 is 2.22 bits per heavy atom. The molecule has 1 heterocycles. The fraction of sp³-hybridized carbons (Fsp3) is 0.533. The largest absolute Gasteiger partial charge is 0.494 e. The second-order valence-corrected chi connectivity index (χ2v) is 5.15. The quantitative estimate of drug-likeness (QED) is 0.869. The van der Waals surface area contributed by atoms with Gasteiger partial charge in [-0.2, -0.15) is 0 Å². The van der Waals surface area contributed by atoms with Gasteiger partial charge in [-0.25, -0.2) is 0 Å². The molecular weight excluding hydrogens is 226 g/mol. The first-order chi connectivity index (χ1) is 8.78. The van der Waals surface area contributed by atoms with Crippen molar-refractivity contribution in [3.8, 4) is 5.75 Å². The van der Waals surface area contributed by atoms with Crippen LogP contribution in [0.15, 0.2) is 18.2 Å². The highest BCUT2D eigenvalue weighted by Gasteiger charge is 2.34. The smallest absolute Gasteiger partial charge is 0.220 e. The van der Waals surface area contributed by atoms with Gasteiger partial charge in [0, 0.05) is 18.4 Å². The number of amides is 1. The first-order valence-corrected chi connectivity index (χ1v) is 6.83. The number of fused-ring (bicyclic) bond motifs is 3. The lowest BCUT2D eigenvalue weighted by molar-refractivity contribution is -0.123. The molecule has 3 rings (SSSR count). The first kappa shape index (κ1) is 11.6. The normalized spacial score (nSPS) is 25.9. The number of benzene rings is 1. The number of ether oxygens (including phenoxy) is 1. The summed E-state index contributed by atoms with van der Waals surface area (Å²) < 4.78 is 5.56. The van der Waals surface area contributed by atoms with E-state index >= 15 is 0 Å². The Hall–Kier alpha value is -1.51. The number of piperidine rings is 1. The minimum Gasteiger partial charge on any atom is -0.494 e. The summed E-state index contributed by atoms with van der Waals surface area (Å²) in [6.45, 7) is 2.72. The van der Waals surface area contributed by atoms with Crippen molar-refractivity contribution in [1.82, 2.24) is 5.32 Å². The van der Waals surface area contributed by atoms with Gasteiger partial charge in [-0.05, 0) is 49.4 Å². The van der Waals surface area contributed by atoms with Crippen LogP contribution in [-0.2, 0) is 11.2 Å². The number of rotatable bonds is 2. The molecule has 2 aliphatic rings. The summed E-state index contributed by atoms with van der Waals surface area (Å²) in [5.74, 6) is 1.68. The van der Waals surface area contributed by atoms with Gasteiger partial charge in [0.05, 0.1) is 6.61 Å². The van der Waals surface area contributed by atoms with Crippen LogP contribution in [0.2, 0.25) is 0 Å². The van der Waals surface area contributed by atoms with Crippen LogP contribution in [0.25, 0.3) is 0 Å². The Morgan fingerprint density at radius 3 is 3.06 bits per heavy atom. The molecule has 1 N–H and O–H groups in total. The molecule has 1 aliphatic heterocycles. The Morgan fingerprint density at radius 1 is 1.33 bits per heavy atom. The predicted octanol–water partition coefficient (Wildman–Crippen LogP) is 2.39. The molecule has 0 bridgehead atoms. The van der Waals surface area contributed by atoms with Crippen LogP contribution in [0.5, 0.6) is 5.75 Å². The van der Waals surface area contributed by atoms with E-state index in [2.05, 4.69) is 23.5 Å². The van der Waals surface area contributed by atoms with E-state index < -0.39 is 0 Å². The summed E-state index contributed by atoms with van der Waals surface area (Å²) in [5, 5.41) is 3.13. The van der Waals surface area contributed by atoms with E-state index in [0.717, 1.165) is 25.0 Å². The van der Waals surface area contributed by atoms with Crippen LogP contribution in [-0.4, -0.2) is 18.6 Å². The van der Waals surface area contributed by atoms with Gasteiger partial charge in [0.2, 0.25) is 5.91 Å². The summed E-state index contributed by atoms with van der Waals surface area (Å²) in [5.41, 5.74) is 2.81. The maximum absolute atomic E-state index is 11.4. The molecule has 1 fully saturated rings. The van der Waals surface area contributed by atoms with E-state index in [0.29, 0.717) is 25.0 Å². The highest BCUT2D eigenvalue weighted by Crippen LogP contribution is 2.38. The van der Waals surface area contributed by atoms with Gasteiger partial charge >= 0.3 is 0 Å². The van der Waals surface area contributed by atoms with Crippen LogP contribution in [0.4, 0.5) is 0 Å². The summed E-state index contributed by atoms with van der Waals surface area (Å²) in [7, 11) is 0. The first-order valence-electron chi connectivity index (χ1n) is 6.83. The molecule has 0 radical (unpaired) electrons. The fourth-order valence-electron chi connectivity index (χ4n) is 3.24. The number of nitrogens with one attached hydrogen (secondary N) is 1. The highest BCUT2D eigenvalue weighted by atomic mass is 16.5. The fourth-order valence-corrected chi connectivity index (χ4v) is 3.24. The molecule has 3 nitrogen and oxygen atoms in total. The van der Waals surface area contributed by atoms with E-state index in [4.69, 9.17) is 4.74 Å². The zero-order valence-electron chi connectivity index (χ0n) is 10.7. The lowest BCUT2D eigenvalue weighted by atomic mass is 9.75.